The molecule has 0 radical (unpaired) electrons. The van der Waals surface area contributed by atoms with E-state index in [1.807, 2.05) is 18.2 Å². The van der Waals surface area contributed by atoms with Crippen LogP contribution in [0.4, 0.5) is 5.69 Å². The van der Waals surface area contributed by atoms with Crippen LogP contribution in [-0.2, 0) is 0 Å². The molecule has 1 aromatic carbocycles. The number of hydrogen-bond acceptors (Lipinski definition) is 4. The van der Waals surface area contributed by atoms with Crippen molar-refractivity contribution in [1.29, 1.82) is 0 Å². The van der Waals surface area contributed by atoms with Gasteiger partial charge in [0.15, 0.2) is 0 Å². The zero-order valence-electron chi connectivity index (χ0n) is 9.10. The van der Waals surface area contributed by atoms with E-state index in [-0.39, 0.29) is 0 Å². The third-order valence-electron chi connectivity index (χ3n) is 2.77. The maximum atomic E-state index is 6.02. The van der Waals surface area contributed by atoms with Gasteiger partial charge in [-0.05, 0) is 18.2 Å². The van der Waals surface area contributed by atoms with Gasteiger partial charge in [-0.3, -0.25) is 0 Å². The minimum absolute atomic E-state index is 0.454. The molecule has 0 atom stereocenters. The molecule has 1 fully saturated rings. The van der Waals surface area contributed by atoms with Crippen molar-refractivity contribution in [1.82, 2.24) is 20.1 Å². The van der Waals surface area contributed by atoms with Crippen LogP contribution in [0.2, 0.25) is 5.02 Å². The molecular weight excluding hydrogens is 238 g/mol. The molecule has 5 nitrogen and oxygen atoms in total. The summed E-state index contributed by atoms with van der Waals surface area (Å²) in [6, 6.07) is 6.15. The van der Waals surface area contributed by atoms with E-state index in [0.29, 0.717) is 11.1 Å². The first-order valence-corrected chi connectivity index (χ1v) is 5.82. The largest absolute Gasteiger partial charge is 0.378 e. The van der Waals surface area contributed by atoms with Crippen LogP contribution in [0.1, 0.15) is 0 Å². The van der Waals surface area contributed by atoms with E-state index in [1.54, 1.807) is 11.0 Å². The molecular formula is C11H12ClN5. The lowest BCUT2D eigenvalue weighted by Crippen LogP contribution is -2.51. The Balaban J connectivity index is 1.95. The number of aromatic nitrogens is 3. The zero-order valence-corrected chi connectivity index (χ0v) is 9.85. The van der Waals surface area contributed by atoms with Crippen molar-refractivity contribution in [2.75, 3.05) is 18.4 Å². The van der Waals surface area contributed by atoms with Crippen molar-refractivity contribution in [3.63, 3.8) is 0 Å². The Kier molecular flexibility index (Phi) is 2.70. The highest BCUT2D eigenvalue weighted by Crippen LogP contribution is 2.24. The van der Waals surface area contributed by atoms with Crippen LogP contribution < -0.4 is 10.6 Å². The van der Waals surface area contributed by atoms with Gasteiger partial charge < -0.3 is 10.6 Å². The van der Waals surface area contributed by atoms with Crippen molar-refractivity contribution >= 4 is 17.3 Å². The second-order valence-electron chi connectivity index (χ2n) is 4.00. The van der Waals surface area contributed by atoms with Crippen molar-refractivity contribution in [3.05, 3.63) is 35.9 Å². The molecule has 0 saturated carbocycles. The molecule has 0 unspecified atom stereocenters. The molecule has 6 heteroatoms. The first-order valence-electron chi connectivity index (χ1n) is 5.45. The third kappa shape index (κ3) is 2.11. The summed E-state index contributed by atoms with van der Waals surface area (Å²) in [5.74, 6) is 0. The number of nitrogens with one attached hydrogen (secondary N) is 2. The van der Waals surface area contributed by atoms with Crippen LogP contribution in [0.5, 0.6) is 0 Å². The highest BCUT2D eigenvalue weighted by Gasteiger charge is 2.18. The normalized spacial score (nSPS) is 15.6. The fourth-order valence-electron chi connectivity index (χ4n) is 1.77. The van der Waals surface area contributed by atoms with Crippen molar-refractivity contribution in [3.8, 4) is 5.69 Å². The van der Waals surface area contributed by atoms with Crippen LogP contribution in [0.25, 0.3) is 5.69 Å². The maximum absolute atomic E-state index is 6.02. The fourth-order valence-corrected chi connectivity index (χ4v) is 1.94. The predicted octanol–water partition coefficient (Wildman–Crippen LogP) is 1.30. The molecule has 1 aliphatic heterocycles. The lowest BCUT2D eigenvalue weighted by atomic mass is 10.1. The number of nitrogens with zero attached hydrogens (tertiary/aromatic N) is 3. The monoisotopic (exact) mass is 249 g/mol. The summed E-state index contributed by atoms with van der Waals surface area (Å²) in [6.07, 6.45) is 3.19. The van der Waals surface area contributed by atoms with E-state index in [1.165, 1.54) is 6.33 Å². The molecule has 1 aromatic heterocycles. The van der Waals surface area contributed by atoms with Crippen LogP contribution in [-0.4, -0.2) is 33.9 Å². The van der Waals surface area contributed by atoms with Gasteiger partial charge >= 0.3 is 0 Å². The van der Waals surface area contributed by atoms with Crippen LogP contribution in [0.15, 0.2) is 30.9 Å². The van der Waals surface area contributed by atoms with E-state index >= 15 is 0 Å². The number of halogens is 1. The smallest absolute Gasteiger partial charge is 0.138 e. The van der Waals surface area contributed by atoms with Gasteiger partial charge in [0.2, 0.25) is 0 Å². The van der Waals surface area contributed by atoms with Gasteiger partial charge in [0, 0.05) is 18.1 Å². The molecule has 17 heavy (non-hydrogen) atoms. The molecule has 0 amide bonds. The van der Waals surface area contributed by atoms with Crippen molar-refractivity contribution in [2.45, 2.75) is 6.04 Å². The summed E-state index contributed by atoms with van der Waals surface area (Å²) in [6.45, 7) is 1.95. The quantitative estimate of drug-likeness (QED) is 0.861. The molecule has 2 N–H and O–H groups in total. The first kappa shape index (κ1) is 10.6. The number of hydrogen-bond donors (Lipinski definition) is 2. The van der Waals surface area contributed by atoms with Gasteiger partial charge in [0.25, 0.3) is 0 Å². The van der Waals surface area contributed by atoms with Gasteiger partial charge in [-0.15, -0.1) is 0 Å². The van der Waals surface area contributed by atoms with E-state index in [0.717, 1.165) is 24.5 Å². The Hall–Kier alpha value is -1.59. The Labute approximate surface area is 104 Å². The average Bonchev–Trinajstić information content (AvgIpc) is 2.77. The fraction of sp³-hybridized carbons (Fsp3) is 0.273. The molecule has 2 aromatic rings. The second kappa shape index (κ2) is 4.35. The number of anilines is 1. The number of rotatable bonds is 3. The standard InChI is InChI=1S/C11H12ClN5/c12-8-1-2-11(17-7-14-6-15-17)10(3-8)16-9-4-13-5-9/h1-3,6-7,9,13,16H,4-5H2. The van der Waals surface area contributed by atoms with Crippen molar-refractivity contribution in [2.24, 2.45) is 0 Å². The molecule has 3 rings (SSSR count). The Morgan fingerprint density at radius 3 is 2.94 bits per heavy atom. The number of benzene rings is 1. The highest BCUT2D eigenvalue weighted by atomic mass is 35.5. The molecule has 1 saturated heterocycles. The van der Waals surface area contributed by atoms with Crippen LogP contribution in [0, 0.1) is 0 Å². The summed E-state index contributed by atoms with van der Waals surface area (Å²) in [7, 11) is 0. The first-order chi connectivity index (χ1) is 8.33. The van der Waals surface area contributed by atoms with E-state index in [2.05, 4.69) is 20.7 Å². The van der Waals surface area contributed by atoms with Crippen LogP contribution >= 0.6 is 11.6 Å². The average molecular weight is 250 g/mol. The highest BCUT2D eigenvalue weighted by molar-refractivity contribution is 6.31. The molecule has 0 spiro atoms. The molecule has 0 bridgehead atoms. The van der Waals surface area contributed by atoms with Crippen molar-refractivity contribution < 1.29 is 0 Å². The molecule has 2 heterocycles. The SMILES string of the molecule is Clc1ccc(-n2cncn2)c(NC2CNC2)c1. The van der Waals surface area contributed by atoms with Gasteiger partial charge in [-0.2, -0.15) is 5.10 Å². The van der Waals surface area contributed by atoms with Gasteiger partial charge in [-0.1, -0.05) is 11.6 Å². The lowest BCUT2D eigenvalue weighted by Gasteiger charge is -2.29. The molecule has 88 valence electrons. The zero-order chi connectivity index (χ0) is 11.7. The van der Waals surface area contributed by atoms with E-state index < -0.39 is 0 Å². The molecule has 1 aliphatic rings. The Morgan fingerprint density at radius 1 is 1.41 bits per heavy atom. The second-order valence-corrected chi connectivity index (χ2v) is 4.44. The van der Waals surface area contributed by atoms with Gasteiger partial charge in [-0.25, -0.2) is 9.67 Å². The van der Waals surface area contributed by atoms with Gasteiger partial charge in [0.05, 0.1) is 17.4 Å². The predicted molar refractivity (Wildman–Crippen MR) is 66.6 cm³/mol. The Bertz CT molecular complexity index is 507. The van der Waals surface area contributed by atoms with Gasteiger partial charge in [0.1, 0.15) is 12.7 Å². The lowest BCUT2D eigenvalue weighted by molar-refractivity contribution is 0.472. The summed E-state index contributed by atoms with van der Waals surface area (Å²) < 4.78 is 1.73. The third-order valence-corrected chi connectivity index (χ3v) is 3.00. The summed E-state index contributed by atoms with van der Waals surface area (Å²) in [4.78, 5) is 3.95. The summed E-state index contributed by atoms with van der Waals surface area (Å²) in [5, 5.41) is 11.5. The minimum atomic E-state index is 0.454. The van der Waals surface area contributed by atoms with E-state index in [4.69, 9.17) is 11.6 Å². The minimum Gasteiger partial charge on any atom is -0.378 e. The Morgan fingerprint density at radius 2 is 2.29 bits per heavy atom. The summed E-state index contributed by atoms with van der Waals surface area (Å²) in [5.41, 5.74) is 1.94. The topological polar surface area (TPSA) is 54.8 Å². The van der Waals surface area contributed by atoms with E-state index in [9.17, 15) is 0 Å². The van der Waals surface area contributed by atoms with Crippen LogP contribution in [0.3, 0.4) is 0 Å². The molecule has 0 aliphatic carbocycles. The summed E-state index contributed by atoms with van der Waals surface area (Å²) >= 11 is 6.02. The maximum Gasteiger partial charge on any atom is 0.138 e.